The third-order valence-electron chi connectivity index (χ3n) is 8.06. The molecule has 0 aliphatic carbocycles. The smallest absolute Gasteiger partial charge is 0.142 e. The lowest BCUT2D eigenvalue weighted by Crippen LogP contribution is -2.52. The van der Waals surface area contributed by atoms with Crippen LogP contribution in [0.5, 0.6) is 5.75 Å². The molecule has 0 amide bonds. The summed E-state index contributed by atoms with van der Waals surface area (Å²) in [5.74, 6) is 2.00. The monoisotopic (exact) mass is 454 g/mol. The third-order valence-corrected chi connectivity index (χ3v) is 8.06. The Bertz CT molecular complexity index is 1030. The van der Waals surface area contributed by atoms with Crippen molar-refractivity contribution in [3.63, 3.8) is 0 Å². The fourth-order valence-electron chi connectivity index (χ4n) is 6.43. The molecular formula is C31H38N2O. The van der Waals surface area contributed by atoms with E-state index in [-0.39, 0.29) is 0 Å². The zero-order chi connectivity index (χ0) is 23.5. The van der Waals surface area contributed by atoms with E-state index in [1.54, 1.807) is 7.11 Å². The summed E-state index contributed by atoms with van der Waals surface area (Å²) in [4.78, 5) is 5.31. The summed E-state index contributed by atoms with van der Waals surface area (Å²) in [6, 6.07) is 29.9. The number of unbranched alkanes of at least 4 members (excludes halogenated alkanes) is 1. The van der Waals surface area contributed by atoms with Gasteiger partial charge in [-0.1, -0.05) is 80.1 Å². The Balaban J connectivity index is 1.56. The van der Waals surface area contributed by atoms with Crippen molar-refractivity contribution in [2.45, 2.75) is 50.6 Å². The summed E-state index contributed by atoms with van der Waals surface area (Å²) >= 11 is 0. The van der Waals surface area contributed by atoms with E-state index < -0.39 is 0 Å². The van der Waals surface area contributed by atoms with Gasteiger partial charge in [0.1, 0.15) is 5.75 Å². The number of piperidine rings is 1. The normalized spacial score (nSPS) is 23.4. The molecule has 4 unspecified atom stereocenters. The van der Waals surface area contributed by atoms with Gasteiger partial charge in [0.25, 0.3) is 0 Å². The minimum Gasteiger partial charge on any atom is -0.495 e. The lowest BCUT2D eigenvalue weighted by molar-refractivity contribution is 0.216. The Hall–Kier alpha value is -2.78. The molecule has 3 heteroatoms. The van der Waals surface area contributed by atoms with Crippen LogP contribution < -0.4 is 9.64 Å². The molecule has 0 spiro atoms. The zero-order valence-corrected chi connectivity index (χ0v) is 20.9. The maximum Gasteiger partial charge on any atom is 0.142 e. The minimum absolute atomic E-state index is 0.342. The van der Waals surface area contributed by atoms with Crippen molar-refractivity contribution in [3.05, 3.63) is 95.6 Å². The van der Waals surface area contributed by atoms with Crippen molar-refractivity contribution in [1.29, 1.82) is 0 Å². The van der Waals surface area contributed by atoms with Crippen LogP contribution in [-0.4, -0.2) is 44.2 Å². The van der Waals surface area contributed by atoms with Gasteiger partial charge in [-0.2, -0.15) is 0 Å². The van der Waals surface area contributed by atoms with Gasteiger partial charge in [-0.25, -0.2) is 0 Å². The van der Waals surface area contributed by atoms with Crippen LogP contribution in [0.2, 0.25) is 0 Å². The van der Waals surface area contributed by atoms with E-state index in [0.717, 1.165) is 12.2 Å². The van der Waals surface area contributed by atoms with Crippen molar-refractivity contribution < 1.29 is 4.74 Å². The van der Waals surface area contributed by atoms with Crippen molar-refractivity contribution in [1.82, 2.24) is 4.90 Å². The fraction of sp³-hybridized carbons (Fsp3) is 0.419. The molecule has 0 saturated carbocycles. The Morgan fingerprint density at radius 2 is 1.65 bits per heavy atom. The first kappa shape index (κ1) is 23.0. The van der Waals surface area contributed by atoms with E-state index in [2.05, 4.69) is 103 Å². The molecular weight excluding hydrogens is 416 g/mol. The van der Waals surface area contributed by atoms with Gasteiger partial charge in [0.15, 0.2) is 0 Å². The number of fused-ring (bicyclic) bond motifs is 2. The van der Waals surface area contributed by atoms with Gasteiger partial charge in [0, 0.05) is 31.6 Å². The molecule has 2 fully saturated rings. The number of likely N-dealkylation sites (N-methyl/N-ethyl adjacent to an activating group) is 1. The highest BCUT2D eigenvalue weighted by Gasteiger charge is 2.51. The first-order chi connectivity index (χ1) is 16.7. The van der Waals surface area contributed by atoms with Crippen LogP contribution in [0.15, 0.2) is 78.9 Å². The number of rotatable bonds is 9. The van der Waals surface area contributed by atoms with E-state index in [9.17, 15) is 0 Å². The summed E-state index contributed by atoms with van der Waals surface area (Å²) in [5, 5.41) is 0. The van der Waals surface area contributed by atoms with Crippen LogP contribution in [0.4, 0.5) is 5.69 Å². The SMILES string of the molecule is CCCCc1ccc(OC)c(N(C)C2C3CCN(C3)C2C(c2ccccc2)c2ccccc2)c1. The number of hydrogen-bond acceptors (Lipinski definition) is 3. The predicted octanol–water partition coefficient (Wildman–Crippen LogP) is 6.38. The second kappa shape index (κ2) is 10.2. The van der Waals surface area contributed by atoms with Crippen LogP contribution in [0.1, 0.15) is 48.8 Å². The van der Waals surface area contributed by atoms with Gasteiger partial charge in [-0.15, -0.1) is 0 Å². The third kappa shape index (κ3) is 4.34. The van der Waals surface area contributed by atoms with Gasteiger partial charge in [-0.3, -0.25) is 4.90 Å². The molecule has 2 aliphatic rings. The minimum atomic E-state index is 0.342. The lowest BCUT2D eigenvalue weighted by atomic mass is 9.78. The number of nitrogens with zero attached hydrogens (tertiary/aromatic N) is 2. The number of benzene rings is 3. The number of anilines is 1. The van der Waals surface area contributed by atoms with E-state index in [1.807, 2.05) is 0 Å². The first-order valence-electron chi connectivity index (χ1n) is 12.9. The van der Waals surface area contributed by atoms with E-state index in [1.165, 1.54) is 54.7 Å². The lowest BCUT2D eigenvalue weighted by Gasteiger charge is -2.44. The molecule has 3 nitrogen and oxygen atoms in total. The van der Waals surface area contributed by atoms with E-state index in [0.29, 0.717) is 23.9 Å². The van der Waals surface area contributed by atoms with Crippen LogP contribution in [0, 0.1) is 5.92 Å². The van der Waals surface area contributed by atoms with Gasteiger partial charge in [0.2, 0.25) is 0 Å². The molecule has 3 aromatic rings. The van der Waals surface area contributed by atoms with Crippen molar-refractivity contribution >= 4 is 5.69 Å². The van der Waals surface area contributed by atoms with Crippen molar-refractivity contribution in [2.24, 2.45) is 5.92 Å². The zero-order valence-electron chi connectivity index (χ0n) is 20.9. The molecule has 2 bridgehead atoms. The van der Waals surface area contributed by atoms with E-state index in [4.69, 9.17) is 4.74 Å². The topological polar surface area (TPSA) is 15.7 Å². The van der Waals surface area contributed by atoms with Crippen LogP contribution in [0.25, 0.3) is 0 Å². The number of methoxy groups -OCH3 is 1. The predicted molar refractivity (Wildman–Crippen MR) is 142 cm³/mol. The summed E-state index contributed by atoms with van der Waals surface area (Å²) in [6.07, 6.45) is 4.85. The molecule has 0 N–H and O–H groups in total. The molecule has 0 radical (unpaired) electrons. The summed E-state index contributed by atoms with van der Waals surface area (Å²) < 4.78 is 5.88. The Morgan fingerprint density at radius 1 is 0.971 bits per heavy atom. The van der Waals surface area contributed by atoms with Gasteiger partial charge >= 0.3 is 0 Å². The Labute approximate surface area is 205 Å². The van der Waals surface area contributed by atoms with Crippen molar-refractivity contribution in [3.8, 4) is 5.75 Å². The largest absolute Gasteiger partial charge is 0.495 e. The number of ether oxygens (including phenoxy) is 1. The first-order valence-corrected chi connectivity index (χ1v) is 12.9. The number of hydrogen-bond donors (Lipinski definition) is 0. The van der Waals surface area contributed by atoms with Gasteiger partial charge in [-0.05, 0) is 60.5 Å². The van der Waals surface area contributed by atoms with Crippen LogP contribution >= 0.6 is 0 Å². The average molecular weight is 455 g/mol. The summed E-state index contributed by atoms with van der Waals surface area (Å²) in [6.45, 7) is 4.65. The maximum atomic E-state index is 5.88. The Kier molecular flexibility index (Phi) is 6.92. The molecule has 178 valence electrons. The van der Waals surface area contributed by atoms with Crippen LogP contribution in [0.3, 0.4) is 0 Å². The highest BCUT2D eigenvalue weighted by Crippen LogP contribution is 2.47. The fourth-order valence-corrected chi connectivity index (χ4v) is 6.43. The Morgan fingerprint density at radius 3 is 2.26 bits per heavy atom. The molecule has 34 heavy (non-hydrogen) atoms. The highest BCUT2D eigenvalue weighted by molar-refractivity contribution is 5.61. The summed E-state index contributed by atoms with van der Waals surface area (Å²) in [7, 11) is 4.10. The quantitative estimate of drug-likeness (QED) is 0.373. The van der Waals surface area contributed by atoms with Gasteiger partial charge < -0.3 is 9.64 Å². The van der Waals surface area contributed by atoms with Crippen molar-refractivity contribution in [2.75, 3.05) is 32.1 Å². The van der Waals surface area contributed by atoms with Crippen LogP contribution in [-0.2, 0) is 6.42 Å². The molecule has 5 rings (SSSR count). The molecule has 0 aromatic heterocycles. The second-order valence-electron chi connectivity index (χ2n) is 10.0. The molecule has 2 heterocycles. The van der Waals surface area contributed by atoms with E-state index >= 15 is 0 Å². The molecule has 2 saturated heterocycles. The summed E-state index contributed by atoms with van der Waals surface area (Å²) in [5.41, 5.74) is 5.47. The number of aryl methyl sites for hydroxylation is 1. The molecule has 3 aromatic carbocycles. The second-order valence-corrected chi connectivity index (χ2v) is 10.0. The average Bonchev–Trinajstić information content (AvgIpc) is 3.51. The standard InChI is InChI=1S/C31H38N2O/c1-4-5-12-23-17-18-28(34-3)27(21-23)32(2)30-26-19-20-33(22-26)31(30)29(24-13-8-6-9-14-24)25-15-10-7-11-16-25/h6-11,13-18,21,26,29-31H,4-5,12,19-20,22H2,1-3H3. The molecule has 2 aliphatic heterocycles. The van der Waals surface area contributed by atoms with Gasteiger partial charge in [0.05, 0.1) is 12.8 Å². The molecule has 4 atom stereocenters. The maximum absolute atomic E-state index is 5.88. The highest BCUT2D eigenvalue weighted by atomic mass is 16.5.